The lowest BCUT2D eigenvalue weighted by Crippen LogP contribution is -2.32. The van der Waals surface area contributed by atoms with Crippen LogP contribution in [0.4, 0.5) is 34.1 Å². The molecule has 324 valence electrons. The number of hydrogen-bond acceptors (Lipinski definition) is 10. The first kappa shape index (κ1) is 48.6. The summed E-state index contributed by atoms with van der Waals surface area (Å²) in [5.74, 6) is -4.31. The van der Waals surface area contributed by atoms with E-state index < -0.39 is 52.7 Å². The number of Topliss-reactive ketones (excluding diaryl/α,β-unsaturated/α-hetero) is 2. The fourth-order valence-corrected chi connectivity index (χ4v) is 7.14. The molecule has 4 N–H and O–H groups in total. The molecule has 63 heavy (non-hydrogen) atoms. The number of nitrogens with zero attached hydrogens (tertiary/aromatic N) is 4. The number of alkyl halides is 1. The van der Waals surface area contributed by atoms with Crippen molar-refractivity contribution in [1.29, 1.82) is 0 Å². The van der Waals surface area contributed by atoms with Gasteiger partial charge in [0.1, 0.15) is 0 Å². The van der Waals surface area contributed by atoms with Gasteiger partial charge in [-0.05, 0) is 105 Å². The van der Waals surface area contributed by atoms with Gasteiger partial charge in [0.25, 0.3) is 23.6 Å². The number of para-hydroxylation sites is 2. The van der Waals surface area contributed by atoms with Gasteiger partial charge in [0.2, 0.25) is 12.1 Å². The first-order chi connectivity index (χ1) is 29.8. The van der Waals surface area contributed by atoms with E-state index in [1.165, 1.54) is 54.6 Å². The zero-order valence-corrected chi connectivity index (χ0v) is 38.1. The van der Waals surface area contributed by atoms with Gasteiger partial charge in [0, 0.05) is 32.5 Å². The molecule has 0 bridgehead atoms. The molecule has 0 spiro atoms. The van der Waals surface area contributed by atoms with E-state index in [0.29, 0.717) is 5.56 Å². The average molecular weight is 992 g/mol. The van der Waals surface area contributed by atoms with Gasteiger partial charge in [-0.3, -0.25) is 28.8 Å². The standard InChI is InChI=1S/C42H31Cl7N8O6/c1-19(43)29-18-26(50-41(62)35(20(2)58)56-54-27-14-22(12-24(44)16-27)39(60)52-37-30(46)6-4-7-31(37)47)10-11-34(29)51-42(63)36(21(3)59)57-55-28-15-23(13-25(45)17-28)40(61)53-38-32(48)8-5-9-33(38)49/h4-19,35-36H,1-3H3,(H,50,62)(H,51,63)(H,52,60)(H,53,61). The Bertz CT molecular complexity index is 2670. The Kier molecular flexibility index (Phi) is 16.8. The molecule has 3 atom stereocenters. The van der Waals surface area contributed by atoms with Crippen molar-refractivity contribution in [2.75, 3.05) is 21.3 Å². The van der Waals surface area contributed by atoms with Crippen molar-refractivity contribution in [2.24, 2.45) is 20.5 Å². The SMILES string of the molecule is CC(=O)C(N=Nc1cc(Cl)cc(C(=O)Nc2c(Cl)cccc2Cl)c1)C(=O)Nc1ccc(NC(=O)C(N=Nc2cc(Cl)cc(C(=O)Nc3c(Cl)cccc3Cl)c2)C(C)=O)c(C(C)Cl)c1. The third-order valence-corrected chi connectivity index (χ3v) is 10.5. The second-order valence-corrected chi connectivity index (χ2v) is 16.5. The molecule has 0 radical (unpaired) electrons. The number of rotatable bonds is 15. The lowest BCUT2D eigenvalue weighted by molar-refractivity contribution is -0.127. The van der Waals surface area contributed by atoms with Gasteiger partial charge in [0.05, 0.1) is 48.2 Å². The van der Waals surface area contributed by atoms with Crippen LogP contribution in [0.15, 0.2) is 111 Å². The summed E-state index contributed by atoms with van der Waals surface area (Å²) in [6.07, 6.45) is 0. The van der Waals surface area contributed by atoms with Crippen LogP contribution in [0.5, 0.6) is 0 Å². The summed E-state index contributed by atoms with van der Waals surface area (Å²) in [5, 5.41) is 26.6. The van der Waals surface area contributed by atoms with Crippen LogP contribution >= 0.6 is 81.2 Å². The molecule has 0 saturated carbocycles. The molecule has 0 aliphatic heterocycles. The Morgan fingerprint density at radius 3 is 1.33 bits per heavy atom. The third kappa shape index (κ3) is 13.1. The molecular formula is C42H31Cl7N8O6. The minimum Gasteiger partial charge on any atom is -0.324 e. The number of hydrogen-bond donors (Lipinski definition) is 4. The number of anilines is 4. The number of nitrogens with one attached hydrogen (secondary N) is 4. The summed E-state index contributed by atoms with van der Waals surface area (Å²) >= 11 is 43.7. The molecule has 0 aliphatic carbocycles. The Labute approximate surface area is 394 Å². The quantitative estimate of drug-likeness (QED) is 0.0457. The van der Waals surface area contributed by atoms with Crippen LogP contribution in [-0.4, -0.2) is 47.3 Å². The van der Waals surface area contributed by atoms with E-state index in [0.717, 1.165) is 13.8 Å². The van der Waals surface area contributed by atoms with Gasteiger partial charge in [-0.2, -0.15) is 20.5 Å². The largest absolute Gasteiger partial charge is 0.324 e. The minimum atomic E-state index is -1.64. The maximum atomic E-state index is 13.4. The molecule has 0 heterocycles. The Morgan fingerprint density at radius 2 is 0.937 bits per heavy atom. The smallest absolute Gasteiger partial charge is 0.258 e. The van der Waals surface area contributed by atoms with Crippen LogP contribution in [0.2, 0.25) is 30.1 Å². The van der Waals surface area contributed by atoms with Crippen LogP contribution in [0, 0.1) is 0 Å². The minimum absolute atomic E-state index is 0.0515. The molecule has 3 unspecified atom stereocenters. The molecule has 0 aromatic heterocycles. The van der Waals surface area contributed by atoms with Crippen molar-refractivity contribution in [1.82, 2.24) is 0 Å². The van der Waals surface area contributed by atoms with Gasteiger partial charge in [-0.15, -0.1) is 11.6 Å². The topological polar surface area (TPSA) is 200 Å². The predicted octanol–water partition coefficient (Wildman–Crippen LogP) is 12.8. The lowest BCUT2D eigenvalue weighted by atomic mass is 10.1. The van der Waals surface area contributed by atoms with Crippen molar-refractivity contribution in [3.05, 3.63) is 138 Å². The maximum absolute atomic E-state index is 13.4. The molecule has 4 amide bonds. The Hall–Kier alpha value is -5.45. The number of carbonyl (C=O) groups is 6. The number of benzene rings is 5. The number of ketones is 2. The predicted molar refractivity (Wildman–Crippen MR) is 248 cm³/mol. The maximum Gasteiger partial charge on any atom is 0.258 e. The van der Waals surface area contributed by atoms with Gasteiger partial charge >= 0.3 is 0 Å². The molecule has 5 rings (SSSR count). The highest BCUT2D eigenvalue weighted by Gasteiger charge is 2.27. The Morgan fingerprint density at radius 1 is 0.524 bits per heavy atom. The third-order valence-electron chi connectivity index (χ3n) is 8.54. The lowest BCUT2D eigenvalue weighted by Gasteiger charge is -2.17. The molecule has 5 aromatic rings. The van der Waals surface area contributed by atoms with Crippen molar-refractivity contribution >= 4 is 151 Å². The molecule has 5 aromatic carbocycles. The fraction of sp³-hybridized carbons (Fsp3) is 0.143. The van der Waals surface area contributed by atoms with E-state index in [1.54, 1.807) is 43.3 Å². The number of carbonyl (C=O) groups excluding carboxylic acids is 6. The van der Waals surface area contributed by atoms with E-state index in [9.17, 15) is 28.8 Å². The summed E-state index contributed by atoms with van der Waals surface area (Å²) in [7, 11) is 0. The van der Waals surface area contributed by atoms with Gasteiger partial charge in [-0.25, -0.2) is 0 Å². The van der Waals surface area contributed by atoms with E-state index >= 15 is 0 Å². The van der Waals surface area contributed by atoms with Gasteiger partial charge in [-0.1, -0.05) is 81.7 Å². The highest BCUT2D eigenvalue weighted by Crippen LogP contribution is 2.34. The van der Waals surface area contributed by atoms with Crippen LogP contribution in [-0.2, 0) is 19.2 Å². The molecular weight excluding hydrogens is 961 g/mol. The monoisotopic (exact) mass is 988 g/mol. The van der Waals surface area contributed by atoms with E-state index in [2.05, 4.69) is 41.7 Å². The van der Waals surface area contributed by atoms with Gasteiger partial charge in [0.15, 0.2) is 11.6 Å². The van der Waals surface area contributed by atoms with Crippen LogP contribution in [0.3, 0.4) is 0 Å². The van der Waals surface area contributed by atoms with E-state index in [4.69, 9.17) is 81.2 Å². The summed E-state index contributed by atoms with van der Waals surface area (Å²) < 4.78 is 0. The van der Waals surface area contributed by atoms with Crippen molar-refractivity contribution in [2.45, 2.75) is 38.2 Å². The van der Waals surface area contributed by atoms with E-state index in [1.807, 2.05) is 0 Å². The fourth-order valence-electron chi connectivity index (χ4n) is 5.51. The number of amides is 4. The average Bonchev–Trinajstić information content (AvgIpc) is 3.20. The molecule has 14 nitrogen and oxygen atoms in total. The highest BCUT2D eigenvalue weighted by molar-refractivity contribution is 6.41. The summed E-state index contributed by atoms with van der Waals surface area (Å²) in [5.41, 5.74) is 1.24. The summed E-state index contributed by atoms with van der Waals surface area (Å²) in [6, 6.07) is 18.5. The summed E-state index contributed by atoms with van der Waals surface area (Å²) in [6.45, 7) is 3.88. The van der Waals surface area contributed by atoms with Gasteiger partial charge < -0.3 is 21.3 Å². The zero-order chi connectivity index (χ0) is 46.1. The molecule has 0 aliphatic rings. The molecule has 0 fully saturated rings. The first-order valence-corrected chi connectivity index (χ1v) is 20.9. The number of azo groups is 2. The van der Waals surface area contributed by atoms with E-state index in [-0.39, 0.29) is 75.4 Å². The molecule has 21 heteroatoms. The second kappa shape index (κ2) is 21.8. The highest BCUT2D eigenvalue weighted by atomic mass is 35.5. The first-order valence-electron chi connectivity index (χ1n) is 18.2. The van der Waals surface area contributed by atoms with Crippen LogP contribution < -0.4 is 21.3 Å². The second-order valence-electron chi connectivity index (χ2n) is 13.4. The normalized spacial score (nSPS) is 12.7. The van der Waals surface area contributed by atoms with Crippen LogP contribution in [0.25, 0.3) is 0 Å². The van der Waals surface area contributed by atoms with Crippen molar-refractivity contribution in [3.63, 3.8) is 0 Å². The number of halogens is 7. The van der Waals surface area contributed by atoms with Crippen molar-refractivity contribution < 1.29 is 28.8 Å². The molecule has 0 saturated heterocycles. The Balaban J connectivity index is 1.29. The zero-order valence-electron chi connectivity index (χ0n) is 32.8. The van der Waals surface area contributed by atoms with Crippen molar-refractivity contribution in [3.8, 4) is 0 Å². The summed E-state index contributed by atoms with van der Waals surface area (Å²) in [4.78, 5) is 78.1. The van der Waals surface area contributed by atoms with Crippen LogP contribution in [0.1, 0.15) is 52.4 Å².